The number of ether oxygens (including phenoxy) is 1. The smallest absolute Gasteiger partial charge is 0.120 e. The van der Waals surface area contributed by atoms with E-state index >= 15 is 0 Å². The second kappa shape index (κ2) is 7.12. The van der Waals surface area contributed by atoms with Gasteiger partial charge in [-0.1, -0.05) is 39.8 Å². The zero-order valence-corrected chi connectivity index (χ0v) is 13.4. The molecule has 1 aromatic carbocycles. The molecule has 2 rings (SSSR count). The quantitative estimate of drug-likeness (QED) is 0.794. The van der Waals surface area contributed by atoms with E-state index in [4.69, 9.17) is 4.74 Å². The number of rotatable bonds is 5. The fourth-order valence-corrected chi connectivity index (χ4v) is 2.87. The molecule has 2 heteroatoms. The Labute approximate surface area is 124 Å². The Hall–Kier alpha value is -1.02. The molecule has 1 heterocycles. The Morgan fingerprint density at radius 1 is 1.15 bits per heavy atom. The van der Waals surface area contributed by atoms with Gasteiger partial charge < -0.3 is 9.64 Å². The molecule has 0 atom stereocenters. The van der Waals surface area contributed by atoms with Crippen LogP contribution in [0.5, 0.6) is 5.75 Å². The minimum absolute atomic E-state index is 0.390. The van der Waals surface area contributed by atoms with Gasteiger partial charge in [0.25, 0.3) is 0 Å². The second-order valence-corrected chi connectivity index (χ2v) is 6.74. The molecule has 20 heavy (non-hydrogen) atoms. The van der Waals surface area contributed by atoms with Crippen molar-refractivity contribution in [3.05, 3.63) is 29.8 Å². The Morgan fingerprint density at radius 3 is 2.45 bits per heavy atom. The van der Waals surface area contributed by atoms with Crippen molar-refractivity contribution in [2.45, 2.75) is 52.6 Å². The summed E-state index contributed by atoms with van der Waals surface area (Å²) in [5, 5.41) is 0. The summed E-state index contributed by atoms with van der Waals surface area (Å²) in [5.41, 5.74) is 1.36. The van der Waals surface area contributed by atoms with E-state index in [0.29, 0.717) is 12.0 Å². The monoisotopic (exact) mass is 275 g/mol. The number of likely N-dealkylation sites (tertiary alicyclic amines) is 1. The predicted octanol–water partition coefficient (Wildman–Crippen LogP) is 4.31. The van der Waals surface area contributed by atoms with Crippen molar-refractivity contribution >= 4 is 0 Å². The third-order valence-electron chi connectivity index (χ3n) is 3.99. The van der Waals surface area contributed by atoms with Crippen LogP contribution in [0.25, 0.3) is 0 Å². The molecule has 1 fully saturated rings. The molecule has 1 aliphatic heterocycles. The normalized spacial score (nSPS) is 17.9. The van der Waals surface area contributed by atoms with E-state index in [2.05, 4.69) is 56.9 Å². The first kappa shape index (κ1) is 15.4. The van der Waals surface area contributed by atoms with Crippen molar-refractivity contribution < 1.29 is 4.74 Å². The number of benzene rings is 1. The number of hydrogen-bond donors (Lipinski definition) is 0. The average Bonchev–Trinajstić information content (AvgIpc) is 2.41. The van der Waals surface area contributed by atoms with E-state index in [1.165, 1.54) is 25.2 Å². The summed E-state index contributed by atoms with van der Waals surface area (Å²) < 4.78 is 6.17. The van der Waals surface area contributed by atoms with Gasteiger partial charge in [0.1, 0.15) is 11.9 Å². The average molecular weight is 275 g/mol. The predicted molar refractivity (Wildman–Crippen MR) is 85.5 cm³/mol. The fraction of sp³-hybridized carbons (Fsp3) is 0.667. The van der Waals surface area contributed by atoms with Crippen molar-refractivity contribution in [2.24, 2.45) is 5.92 Å². The molecule has 0 amide bonds. The van der Waals surface area contributed by atoms with Gasteiger partial charge in [-0.3, -0.25) is 0 Å². The molecule has 1 aliphatic rings. The summed E-state index contributed by atoms with van der Waals surface area (Å²) in [7, 11) is 0. The largest absolute Gasteiger partial charge is 0.490 e. The van der Waals surface area contributed by atoms with Crippen LogP contribution in [-0.2, 0) is 0 Å². The highest BCUT2D eigenvalue weighted by Crippen LogP contribution is 2.23. The number of piperidine rings is 1. The summed E-state index contributed by atoms with van der Waals surface area (Å²) in [6, 6.07) is 8.58. The first-order valence-electron chi connectivity index (χ1n) is 8.03. The van der Waals surface area contributed by atoms with Crippen LogP contribution in [0.15, 0.2) is 24.3 Å². The van der Waals surface area contributed by atoms with E-state index in [9.17, 15) is 0 Å². The topological polar surface area (TPSA) is 12.5 Å². The van der Waals surface area contributed by atoms with Crippen LogP contribution < -0.4 is 4.74 Å². The maximum absolute atomic E-state index is 6.17. The molecule has 2 nitrogen and oxygen atoms in total. The van der Waals surface area contributed by atoms with Gasteiger partial charge in [-0.05, 0) is 42.4 Å². The minimum Gasteiger partial charge on any atom is -0.490 e. The van der Waals surface area contributed by atoms with Crippen LogP contribution in [0.4, 0.5) is 0 Å². The molecule has 0 bridgehead atoms. The van der Waals surface area contributed by atoms with Crippen LogP contribution >= 0.6 is 0 Å². The summed E-state index contributed by atoms with van der Waals surface area (Å²) in [6.45, 7) is 12.6. The lowest BCUT2D eigenvalue weighted by Crippen LogP contribution is -2.39. The van der Waals surface area contributed by atoms with Crippen molar-refractivity contribution in [3.63, 3.8) is 0 Å². The molecule has 1 saturated heterocycles. The third kappa shape index (κ3) is 4.52. The molecular weight excluding hydrogens is 246 g/mol. The molecule has 0 saturated carbocycles. The molecule has 1 aromatic rings. The van der Waals surface area contributed by atoms with Crippen molar-refractivity contribution in [3.8, 4) is 5.75 Å². The van der Waals surface area contributed by atoms with Gasteiger partial charge in [0.2, 0.25) is 0 Å². The first-order chi connectivity index (χ1) is 9.54. The van der Waals surface area contributed by atoms with Gasteiger partial charge in [0.05, 0.1) is 0 Å². The second-order valence-electron chi connectivity index (χ2n) is 6.74. The number of hydrogen-bond acceptors (Lipinski definition) is 2. The maximum Gasteiger partial charge on any atom is 0.120 e. The highest BCUT2D eigenvalue weighted by molar-refractivity contribution is 5.30. The van der Waals surface area contributed by atoms with Crippen molar-refractivity contribution in [1.82, 2.24) is 4.90 Å². The zero-order valence-electron chi connectivity index (χ0n) is 13.4. The van der Waals surface area contributed by atoms with Gasteiger partial charge in [0, 0.05) is 19.6 Å². The lowest BCUT2D eigenvalue weighted by molar-refractivity contribution is 0.0941. The highest BCUT2D eigenvalue weighted by Gasteiger charge is 2.20. The van der Waals surface area contributed by atoms with Gasteiger partial charge >= 0.3 is 0 Å². The van der Waals surface area contributed by atoms with Gasteiger partial charge in [-0.2, -0.15) is 0 Å². The Morgan fingerprint density at radius 2 is 1.85 bits per heavy atom. The third-order valence-corrected chi connectivity index (χ3v) is 3.99. The van der Waals surface area contributed by atoms with E-state index < -0.39 is 0 Å². The first-order valence-corrected chi connectivity index (χ1v) is 8.03. The molecule has 0 aromatic heterocycles. The van der Waals surface area contributed by atoms with Gasteiger partial charge in [-0.15, -0.1) is 0 Å². The zero-order chi connectivity index (χ0) is 14.5. The Kier molecular flexibility index (Phi) is 5.47. The van der Waals surface area contributed by atoms with Crippen LogP contribution in [0.1, 0.15) is 52.0 Å². The van der Waals surface area contributed by atoms with E-state index in [1.807, 2.05) is 0 Å². The lowest BCUT2D eigenvalue weighted by atomic mass is 10.0. The molecule has 0 radical (unpaired) electrons. The van der Waals surface area contributed by atoms with Crippen LogP contribution in [0, 0.1) is 5.92 Å². The van der Waals surface area contributed by atoms with Crippen LogP contribution in [0.2, 0.25) is 0 Å². The minimum atomic E-state index is 0.390. The van der Waals surface area contributed by atoms with Gasteiger partial charge in [0.15, 0.2) is 0 Å². The lowest BCUT2D eigenvalue weighted by Gasteiger charge is -2.33. The summed E-state index contributed by atoms with van der Waals surface area (Å²) >= 11 is 0. The van der Waals surface area contributed by atoms with E-state index in [-0.39, 0.29) is 0 Å². The van der Waals surface area contributed by atoms with Crippen LogP contribution in [0.3, 0.4) is 0 Å². The summed E-state index contributed by atoms with van der Waals surface area (Å²) in [5.74, 6) is 2.36. The Balaban J connectivity index is 1.85. The SMILES string of the molecule is CC(C)CN1CCC(Oc2cccc(C(C)C)c2)CC1. The van der Waals surface area contributed by atoms with Crippen LogP contribution in [-0.4, -0.2) is 30.6 Å². The summed E-state index contributed by atoms with van der Waals surface area (Å²) in [6.07, 6.45) is 2.69. The fourth-order valence-electron chi connectivity index (χ4n) is 2.87. The van der Waals surface area contributed by atoms with Crippen molar-refractivity contribution in [1.29, 1.82) is 0 Å². The van der Waals surface area contributed by atoms with E-state index in [0.717, 1.165) is 24.5 Å². The Bertz CT molecular complexity index is 406. The highest BCUT2D eigenvalue weighted by atomic mass is 16.5. The molecule has 0 aliphatic carbocycles. The standard InChI is InChI=1S/C18H29NO/c1-14(2)13-19-10-8-17(9-11-19)20-18-7-5-6-16(12-18)15(3)4/h5-7,12,14-15,17H,8-11,13H2,1-4H3. The molecule has 0 spiro atoms. The molecule has 112 valence electrons. The molecule has 0 unspecified atom stereocenters. The van der Waals surface area contributed by atoms with Gasteiger partial charge in [-0.25, -0.2) is 0 Å². The number of nitrogens with zero attached hydrogens (tertiary/aromatic N) is 1. The molecule has 0 N–H and O–H groups in total. The van der Waals surface area contributed by atoms with E-state index in [1.54, 1.807) is 0 Å². The summed E-state index contributed by atoms with van der Waals surface area (Å²) in [4.78, 5) is 2.56. The maximum atomic E-state index is 6.17. The van der Waals surface area contributed by atoms with Crippen molar-refractivity contribution in [2.75, 3.05) is 19.6 Å². The molecular formula is C18H29NO.